The number of pyridine rings is 1. The molecular weight excluding hydrogens is 278 g/mol. The molecule has 0 atom stereocenters. The number of para-hydroxylation sites is 1. The molecule has 0 bridgehead atoms. The van der Waals surface area contributed by atoms with Gasteiger partial charge >= 0.3 is 0 Å². The van der Waals surface area contributed by atoms with E-state index in [0.29, 0.717) is 17.7 Å². The Morgan fingerprint density at radius 2 is 1.86 bits per heavy atom. The molecule has 5 heteroatoms. The number of hydrogen-bond donors (Lipinski definition) is 2. The highest BCUT2D eigenvalue weighted by Gasteiger charge is 2.11. The number of benzene rings is 1. The molecule has 1 aromatic heterocycles. The van der Waals surface area contributed by atoms with Crippen molar-refractivity contribution in [3.05, 3.63) is 72.1 Å². The van der Waals surface area contributed by atoms with E-state index in [1.54, 1.807) is 6.08 Å². The maximum atomic E-state index is 12.3. The predicted molar refractivity (Wildman–Crippen MR) is 85.9 cm³/mol. The summed E-state index contributed by atoms with van der Waals surface area (Å²) in [5, 5.41) is 5.45. The van der Waals surface area contributed by atoms with Gasteiger partial charge in [-0.2, -0.15) is 0 Å². The van der Waals surface area contributed by atoms with E-state index in [-0.39, 0.29) is 11.8 Å². The Bertz CT molecular complexity index is 711. The summed E-state index contributed by atoms with van der Waals surface area (Å²) in [7, 11) is 0. The molecule has 0 aliphatic heterocycles. The fourth-order valence-corrected chi connectivity index (χ4v) is 1.86. The molecule has 0 radical (unpaired) electrons. The minimum atomic E-state index is -0.305. The van der Waals surface area contributed by atoms with Gasteiger partial charge < -0.3 is 10.6 Å². The average molecular weight is 295 g/mol. The Labute approximate surface area is 129 Å². The highest BCUT2D eigenvalue weighted by atomic mass is 16.2. The second-order valence-corrected chi connectivity index (χ2v) is 4.73. The van der Waals surface area contributed by atoms with Crippen LogP contribution in [-0.2, 0) is 0 Å². The van der Waals surface area contributed by atoms with Gasteiger partial charge in [0.1, 0.15) is 0 Å². The summed E-state index contributed by atoms with van der Waals surface area (Å²) in [4.78, 5) is 28.1. The van der Waals surface area contributed by atoms with Crippen LogP contribution < -0.4 is 10.6 Å². The molecule has 0 aliphatic carbocycles. The van der Waals surface area contributed by atoms with E-state index in [9.17, 15) is 9.59 Å². The van der Waals surface area contributed by atoms with Crippen molar-refractivity contribution < 1.29 is 9.59 Å². The standard InChI is InChI=1S/C17H17N3O2/c1-3-8-19-16(21)13-9-14(11-18-10-13)17(22)20-15-7-5-4-6-12(15)2/h3-7,9-11H,1,8H2,2H3,(H,19,21)(H,20,22). The highest BCUT2D eigenvalue weighted by Crippen LogP contribution is 2.14. The van der Waals surface area contributed by atoms with E-state index in [1.807, 2.05) is 31.2 Å². The summed E-state index contributed by atoms with van der Waals surface area (Å²) in [6.45, 7) is 5.80. The highest BCUT2D eigenvalue weighted by molar-refractivity contribution is 6.06. The molecular formula is C17H17N3O2. The zero-order valence-corrected chi connectivity index (χ0v) is 12.3. The number of amides is 2. The van der Waals surface area contributed by atoms with Gasteiger partial charge in [-0.05, 0) is 24.6 Å². The third kappa shape index (κ3) is 3.79. The summed E-state index contributed by atoms with van der Waals surface area (Å²) in [6.07, 6.45) is 4.43. The Morgan fingerprint density at radius 3 is 2.55 bits per heavy atom. The van der Waals surface area contributed by atoms with Gasteiger partial charge in [0.15, 0.2) is 0 Å². The predicted octanol–water partition coefficient (Wildman–Crippen LogP) is 2.56. The van der Waals surface area contributed by atoms with E-state index in [1.165, 1.54) is 18.5 Å². The van der Waals surface area contributed by atoms with Gasteiger partial charge in [-0.25, -0.2) is 0 Å². The van der Waals surface area contributed by atoms with E-state index in [2.05, 4.69) is 22.2 Å². The minimum absolute atomic E-state index is 0.294. The quantitative estimate of drug-likeness (QED) is 0.833. The molecule has 2 rings (SSSR count). The molecule has 0 saturated carbocycles. The number of rotatable bonds is 5. The van der Waals surface area contributed by atoms with Gasteiger partial charge in [0.05, 0.1) is 11.1 Å². The Balaban J connectivity index is 2.15. The molecule has 0 unspecified atom stereocenters. The van der Waals surface area contributed by atoms with Crippen LogP contribution in [0, 0.1) is 6.92 Å². The number of nitrogens with zero attached hydrogens (tertiary/aromatic N) is 1. The van der Waals surface area contributed by atoms with Crippen molar-refractivity contribution >= 4 is 17.5 Å². The van der Waals surface area contributed by atoms with Crippen LogP contribution in [0.2, 0.25) is 0 Å². The van der Waals surface area contributed by atoms with Crippen LogP contribution in [0.25, 0.3) is 0 Å². The van der Waals surface area contributed by atoms with Crippen LogP contribution in [0.4, 0.5) is 5.69 Å². The molecule has 22 heavy (non-hydrogen) atoms. The molecule has 112 valence electrons. The third-order valence-electron chi connectivity index (χ3n) is 3.06. The van der Waals surface area contributed by atoms with E-state index in [4.69, 9.17) is 0 Å². The second kappa shape index (κ2) is 7.17. The van der Waals surface area contributed by atoms with Gasteiger partial charge in [0, 0.05) is 24.6 Å². The average Bonchev–Trinajstić information content (AvgIpc) is 2.54. The van der Waals surface area contributed by atoms with Crippen LogP contribution in [0.1, 0.15) is 26.3 Å². The van der Waals surface area contributed by atoms with Gasteiger partial charge in [0.25, 0.3) is 11.8 Å². The van der Waals surface area contributed by atoms with Crippen molar-refractivity contribution in [3.8, 4) is 0 Å². The fraction of sp³-hybridized carbons (Fsp3) is 0.118. The third-order valence-corrected chi connectivity index (χ3v) is 3.06. The molecule has 2 N–H and O–H groups in total. The summed E-state index contributed by atoms with van der Waals surface area (Å²) in [5.74, 6) is -0.599. The summed E-state index contributed by atoms with van der Waals surface area (Å²) in [6, 6.07) is 8.99. The van der Waals surface area contributed by atoms with Crippen LogP contribution in [0.15, 0.2) is 55.4 Å². The van der Waals surface area contributed by atoms with Crippen LogP contribution in [0.5, 0.6) is 0 Å². The second-order valence-electron chi connectivity index (χ2n) is 4.73. The fourth-order valence-electron chi connectivity index (χ4n) is 1.86. The largest absolute Gasteiger partial charge is 0.349 e. The van der Waals surface area contributed by atoms with Crippen molar-refractivity contribution in [1.82, 2.24) is 10.3 Å². The number of aryl methyl sites for hydroxylation is 1. The monoisotopic (exact) mass is 295 g/mol. The molecule has 2 amide bonds. The van der Waals surface area contributed by atoms with Gasteiger partial charge in [0.2, 0.25) is 0 Å². The normalized spacial score (nSPS) is 9.86. The molecule has 1 heterocycles. The summed E-state index contributed by atoms with van der Waals surface area (Å²) < 4.78 is 0. The van der Waals surface area contributed by atoms with Crippen molar-refractivity contribution in [2.75, 3.05) is 11.9 Å². The van der Waals surface area contributed by atoms with E-state index >= 15 is 0 Å². The number of hydrogen-bond acceptors (Lipinski definition) is 3. The summed E-state index contributed by atoms with van der Waals surface area (Å²) in [5.41, 5.74) is 2.35. The number of anilines is 1. The smallest absolute Gasteiger partial charge is 0.257 e. The molecule has 0 aliphatic rings. The first-order valence-electron chi connectivity index (χ1n) is 6.83. The number of carbonyl (C=O) groups excluding carboxylic acids is 2. The molecule has 1 aromatic carbocycles. The Kier molecular flexibility index (Phi) is 5.03. The lowest BCUT2D eigenvalue weighted by Gasteiger charge is -2.08. The van der Waals surface area contributed by atoms with Crippen molar-refractivity contribution in [2.45, 2.75) is 6.92 Å². The SMILES string of the molecule is C=CCNC(=O)c1cncc(C(=O)Nc2ccccc2C)c1. The molecule has 0 saturated heterocycles. The lowest BCUT2D eigenvalue weighted by molar-refractivity contribution is 0.0957. The molecule has 2 aromatic rings. The van der Waals surface area contributed by atoms with Gasteiger partial charge in [-0.3, -0.25) is 14.6 Å². The summed E-state index contributed by atoms with van der Waals surface area (Å²) >= 11 is 0. The van der Waals surface area contributed by atoms with E-state index in [0.717, 1.165) is 11.3 Å². The zero-order valence-electron chi connectivity index (χ0n) is 12.3. The van der Waals surface area contributed by atoms with Crippen molar-refractivity contribution in [1.29, 1.82) is 0 Å². The number of carbonyl (C=O) groups is 2. The maximum Gasteiger partial charge on any atom is 0.257 e. The maximum absolute atomic E-state index is 12.3. The van der Waals surface area contributed by atoms with Crippen LogP contribution >= 0.6 is 0 Å². The van der Waals surface area contributed by atoms with E-state index < -0.39 is 0 Å². The molecule has 0 spiro atoms. The van der Waals surface area contributed by atoms with Crippen LogP contribution in [-0.4, -0.2) is 23.3 Å². The number of aromatic nitrogens is 1. The van der Waals surface area contributed by atoms with Gasteiger partial charge in [-0.1, -0.05) is 24.3 Å². The molecule has 0 fully saturated rings. The lowest BCUT2D eigenvalue weighted by atomic mass is 10.1. The Morgan fingerprint density at radius 1 is 1.18 bits per heavy atom. The first-order chi connectivity index (χ1) is 10.6. The lowest BCUT2D eigenvalue weighted by Crippen LogP contribution is -2.24. The zero-order chi connectivity index (χ0) is 15.9. The minimum Gasteiger partial charge on any atom is -0.349 e. The Hall–Kier alpha value is -2.95. The topological polar surface area (TPSA) is 71.1 Å². The van der Waals surface area contributed by atoms with Gasteiger partial charge in [-0.15, -0.1) is 6.58 Å². The van der Waals surface area contributed by atoms with Crippen LogP contribution in [0.3, 0.4) is 0 Å². The first-order valence-corrected chi connectivity index (χ1v) is 6.83. The van der Waals surface area contributed by atoms with Crippen molar-refractivity contribution in [2.24, 2.45) is 0 Å². The first kappa shape index (κ1) is 15.4. The molecule has 5 nitrogen and oxygen atoms in total. The van der Waals surface area contributed by atoms with Crippen molar-refractivity contribution in [3.63, 3.8) is 0 Å². The number of nitrogens with one attached hydrogen (secondary N) is 2.